The molecule has 76 valence electrons. The zero-order chi connectivity index (χ0) is 10.6. The summed E-state index contributed by atoms with van der Waals surface area (Å²) < 4.78 is 5.11. The van der Waals surface area contributed by atoms with Gasteiger partial charge in [0, 0.05) is 0 Å². The predicted octanol–water partition coefficient (Wildman–Crippen LogP) is 1.72. The van der Waals surface area contributed by atoms with E-state index in [1.54, 1.807) is 19.1 Å². The minimum absolute atomic E-state index is 0.397. The first-order valence-corrected chi connectivity index (χ1v) is 4.62. The molecule has 0 amide bonds. The van der Waals surface area contributed by atoms with Crippen molar-refractivity contribution in [1.82, 2.24) is 0 Å². The van der Waals surface area contributed by atoms with Crippen LogP contribution in [0.2, 0.25) is 0 Å². The maximum Gasteiger partial charge on any atom is 0.331 e. The first kappa shape index (κ1) is 10.7. The van der Waals surface area contributed by atoms with Gasteiger partial charge < -0.3 is 10.5 Å². The van der Waals surface area contributed by atoms with Crippen LogP contribution < -0.4 is 10.5 Å². The Balaban J connectivity index is 2.67. The monoisotopic (exact) mass is 193 g/mol. The lowest BCUT2D eigenvalue weighted by Crippen LogP contribution is -2.46. The molecule has 0 unspecified atom stereocenters. The number of carbonyl (C=O) groups excluding carboxylic acids is 1. The second-order valence-corrected chi connectivity index (χ2v) is 3.47. The van der Waals surface area contributed by atoms with Crippen molar-refractivity contribution < 1.29 is 9.53 Å². The lowest BCUT2D eigenvalue weighted by atomic mass is 10.0. The van der Waals surface area contributed by atoms with E-state index >= 15 is 0 Å². The smallest absolute Gasteiger partial charge is 0.331 e. The number of para-hydroxylation sites is 1. The minimum atomic E-state index is -0.907. The van der Waals surface area contributed by atoms with E-state index in [1.165, 1.54) is 0 Å². The van der Waals surface area contributed by atoms with Crippen LogP contribution in [0, 0.1) is 0 Å². The largest absolute Gasteiger partial charge is 0.425 e. The zero-order valence-corrected chi connectivity index (χ0v) is 8.49. The minimum Gasteiger partial charge on any atom is -0.425 e. The molecule has 14 heavy (non-hydrogen) atoms. The zero-order valence-electron chi connectivity index (χ0n) is 8.49. The van der Waals surface area contributed by atoms with E-state index in [1.807, 2.05) is 25.1 Å². The van der Waals surface area contributed by atoms with E-state index in [2.05, 4.69) is 0 Å². The summed E-state index contributed by atoms with van der Waals surface area (Å²) in [6.07, 6.45) is 0.554. The van der Waals surface area contributed by atoms with Gasteiger partial charge in [-0.1, -0.05) is 25.1 Å². The molecule has 0 aromatic heterocycles. The fourth-order valence-corrected chi connectivity index (χ4v) is 0.856. The molecule has 0 saturated carbocycles. The molecule has 3 nitrogen and oxygen atoms in total. The summed E-state index contributed by atoms with van der Waals surface area (Å²) in [6, 6.07) is 8.93. The maximum atomic E-state index is 11.5. The fraction of sp³-hybridized carbons (Fsp3) is 0.364. The van der Waals surface area contributed by atoms with Crippen LogP contribution >= 0.6 is 0 Å². The maximum absolute atomic E-state index is 11.5. The lowest BCUT2D eigenvalue weighted by Gasteiger charge is -2.19. The van der Waals surface area contributed by atoms with Crippen molar-refractivity contribution in [3.8, 4) is 5.75 Å². The molecule has 1 aromatic rings. The summed E-state index contributed by atoms with van der Waals surface area (Å²) in [5.41, 5.74) is 4.83. The Morgan fingerprint density at radius 2 is 2.00 bits per heavy atom. The van der Waals surface area contributed by atoms with Crippen molar-refractivity contribution in [3.05, 3.63) is 30.3 Å². The summed E-state index contributed by atoms with van der Waals surface area (Å²) in [5, 5.41) is 0. The van der Waals surface area contributed by atoms with E-state index in [0.717, 1.165) is 0 Å². The summed E-state index contributed by atoms with van der Waals surface area (Å²) in [7, 11) is 0. The quantitative estimate of drug-likeness (QED) is 0.587. The molecule has 0 fully saturated rings. The number of benzene rings is 1. The van der Waals surface area contributed by atoms with Crippen molar-refractivity contribution in [1.29, 1.82) is 0 Å². The van der Waals surface area contributed by atoms with Crippen LogP contribution in [0.3, 0.4) is 0 Å². The number of carbonyl (C=O) groups is 1. The number of hydrogen-bond acceptors (Lipinski definition) is 3. The highest BCUT2D eigenvalue weighted by Gasteiger charge is 2.28. The molecule has 1 aromatic carbocycles. The molecule has 2 N–H and O–H groups in total. The van der Waals surface area contributed by atoms with Crippen LogP contribution in [0.1, 0.15) is 20.3 Å². The van der Waals surface area contributed by atoms with Crippen LogP contribution in [0.25, 0.3) is 0 Å². The van der Waals surface area contributed by atoms with Crippen LogP contribution in [0.15, 0.2) is 30.3 Å². The van der Waals surface area contributed by atoms with Crippen LogP contribution in [-0.4, -0.2) is 11.5 Å². The average Bonchev–Trinajstić information content (AvgIpc) is 2.19. The number of hydrogen-bond donors (Lipinski definition) is 1. The second kappa shape index (κ2) is 4.24. The van der Waals surface area contributed by atoms with E-state index in [9.17, 15) is 4.79 Å². The topological polar surface area (TPSA) is 52.3 Å². The van der Waals surface area contributed by atoms with Gasteiger partial charge in [0.05, 0.1) is 0 Å². The van der Waals surface area contributed by atoms with Gasteiger partial charge >= 0.3 is 5.97 Å². The first-order chi connectivity index (χ1) is 6.56. The Hall–Kier alpha value is -1.35. The molecule has 0 saturated heterocycles. The summed E-state index contributed by atoms with van der Waals surface area (Å²) in [5.74, 6) is 0.133. The SMILES string of the molecule is CC[C@](C)(N)C(=O)Oc1ccccc1. The molecule has 0 aliphatic heterocycles. The van der Waals surface area contributed by atoms with Gasteiger partial charge in [-0.25, -0.2) is 4.79 Å². The van der Waals surface area contributed by atoms with Gasteiger partial charge in [-0.15, -0.1) is 0 Å². The summed E-state index contributed by atoms with van der Waals surface area (Å²) in [4.78, 5) is 11.5. The highest BCUT2D eigenvalue weighted by molar-refractivity contribution is 5.82. The van der Waals surface area contributed by atoms with Crippen molar-refractivity contribution >= 4 is 5.97 Å². The highest BCUT2D eigenvalue weighted by Crippen LogP contribution is 2.13. The Labute approximate surface area is 83.9 Å². The van der Waals surface area contributed by atoms with E-state index < -0.39 is 11.5 Å². The fourth-order valence-electron chi connectivity index (χ4n) is 0.856. The average molecular weight is 193 g/mol. The number of ether oxygens (including phenoxy) is 1. The lowest BCUT2D eigenvalue weighted by molar-refractivity contribution is -0.139. The van der Waals surface area contributed by atoms with Crippen LogP contribution in [0.5, 0.6) is 5.75 Å². The van der Waals surface area contributed by atoms with Crippen molar-refractivity contribution in [2.45, 2.75) is 25.8 Å². The normalized spacial score (nSPS) is 14.5. The predicted molar refractivity (Wildman–Crippen MR) is 55.0 cm³/mol. The Morgan fingerprint density at radius 1 is 1.43 bits per heavy atom. The van der Waals surface area contributed by atoms with Crippen LogP contribution in [-0.2, 0) is 4.79 Å². The van der Waals surface area contributed by atoms with Crippen molar-refractivity contribution in [2.75, 3.05) is 0 Å². The highest BCUT2D eigenvalue weighted by atomic mass is 16.5. The number of esters is 1. The van der Waals surface area contributed by atoms with E-state index in [-0.39, 0.29) is 0 Å². The van der Waals surface area contributed by atoms with Gasteiger partial charge in [-0.2, -0.15) is 0 Å². The Bertz CT molecular complexity index is 306. The molecule has 3 heteroatoms. The van der Waals surface area contributed by atoms with Crippen molar-refractivity contribution in [2.24, 2.45) is 5.73 Å². The molecule has 0 bridgehead atoms. The first-order valence-electron chi connectivity index (χ1n) is 4.62. The summed E-state index contributed by atoms with van der Waals surface area (Å²) in [6.45, 7) is 3.52. The van der Waals surface area contributed by atoms with Gasteiger partial charge in [-0.05, 0) is 25.5 Å². The molecule has 0 heterocycles. The van der Waals surface area contributed by atoms with Crippen LogP contribution in [0.4, 0.5) is 0 Å². The third-order valence-corrected chi connectivity index (χ3v) is 2.15. The molecule has 1 rings (SSSR count). The molecule has 0 radical (unpaired) electrons. The van der Waals surface area contributed by atoms with Gasteiger partial charge in [0.1, 0.15) is 11.3 Å². The second-order valence-electron chi connectivity index (χ2n) is 3.47. The van der Waals surface area contributed by atoms with Gasteiger partial charge in [0.15, 0.2) is 0 Å². The van der Waals surface area contributed by atoms with Gasteiger partial charge in [-0.3, -0.25) is 0 Å². The van der Waals surface area contributed by atoms with Gasteiger partial charge in [0.2, 0.25) is 0 Å². The van der Waals surface area contributed by atoms with E-state index in [4.69, 9.17) is 10.5 Å². The van der Waals surface area contributed by atoms with E-state index in [0.29, 0.717) is 12.2 Å². The van der Waals surface area contributed by atoms with Gasteiger partial charge in [0.25, 0.3) is 0 Å². The third kappa shape index (κ3) is 2.57. The van der Waals surface area contributed by atoms with Crippen molar-refractivity contribution in [3.63, 3.8) is 0 Å². The molecule has 0 spiro atoms. The standard InChI is InChI=1S/C11H15NO2/c1-3-11(2,12)10(13)14-9-7-5-4-6-8-9/h4-8H,3,12H2,1-2H3/t11-/m0/s1. The molecule has 1 atom stereocenters. The third-order valence-electron chi connectivity index (χ3n) is 2.15. The Morgan fingerprint density at radius 3 is 2.50 bits per heavy atom. The Kier molecular flexibility index (Phi) is 3.25. The molecular weight excluding hydrogens is 178 g/mol. The summed E-state index contributed by atoms with van der Waals surface area (Å²) >= 11 is 0. The number of rotatable bonds is 3. The molecule has 0 aliphatic rings. The molecule has 0 aliphatic carbocycles. The number of nitrogens with two attached hydrogens (primary N) is 1. The molecular formula is C11H15NO2.